The summed E-state index contributed by atoms with van der Waals surface area (Å²) in [6.07, 6.45) is -1.45. The summed E-state index contributed by atoms with van der Waals surface area (Å²) in [5.41, 5.74) is 0. The van der Waals surface area contributed by atoms with E-state index in [4.69, 9.17) is 4.84 Å². The van der Waals surface area contributed by atoms with Crippen LogP contribution in [0, 0.1) is 0 Å². The van der Waals surface area contributed by atoms with Crippen molar-refractivity contribution in [2.45, 2.75) is 43.0 Å². The molecule has 0 aliphatic heterocycles. The Morgan fingerprint density at radius 1 is 1.10 bits per heavy atom. The number of nitrogens with one attached hydrogen (secondary N) is 1. The standard InChI is InChI=1S/C12H14F3NO4S/c13-12(14,15)19-9-5-7-11(8-6-9)21(17,18)16-20-10-3-1-2-4-10/h5-8,10,16H,1-4H2. The molecule has 1 fully saturated rings. The van der Waals surface area contributed by atoms with E-state index in [0.29, 0.717) is 0 Å². The molecule has 0 spiro atoms. The van der Waals surface area contributed by atoms with Gasteiger partial charge in [0.1, 0.15) is 5.75 Å². The van der Waals surface area contributed by atoms with Gasteiger partial charge >= 0.3 is 6.36 Å². The van der Waals surface area contributed by atoms with Crippen LogP contribution < -0.4 is 9.62 Å². The van der Waals surface area contributed by atoms with Crippen molar-refractivity contribution in [2.75, 3.05) is 0 Å². The molecule has 118 valence electrons. The lowest BCUT2D eigenvalue weighted by atomic mass is 10.3. The molecule has 0 unspecified atom stereocenters. The molecule has 0 saturated heterocycles. The van der Waals surface area contributed by atoms with Crippen LogP contribution in [-0.4, -0.2) is 20.9 Å². The highest BCUT2D eigenvalue weighted by Gasteiger charge is 2.31. The van der Waals surface area contributed by atoms with Gasteiger partial charge in [0.2, 0.25) is 0 Å². The summed E-state index contributed by atoms with van der Waals surface area (Å²) in [5, 5.41) is 0. The maximum absolute atomic E-state index is 12.0. The summed E-state index contributed by atoms with van der Waals surface area (Å²) in [7, 11) is -3.92. The first kappa shape index (κ1) is 16.1. The lowest BCUT2D eigenvalue weighted by molar-refractivity contribution is -0.274. The Kier molecular flexibility index (Phi) is 4.74. The van der Waals surface area contributed by atoms with Gasteiger partial charge in [-0.1, -0.05) is 17.7 Å². The first-order valence-electron chi connectivity index (χ1n) is 6.29. The number of ether oxygens (including phenoxy) is 1. The first-order chi connectivity index (χ1) is 9.76. The minimum Gasteiger partial charge on any atom is -0.406 e. The van der Waals surface area contributed by atoms with Gasteiger partial charge in [0.25, 0.3) is 10.0 Å². The molecule has 2 rings (SSSR count). The van der Waals surface area contributed by atoms with Crippen molar-refractivity contribution < 1.29 is 31.2 Å². The van der Waals surface area contributed by atoms with Gasteiger partial charge in [-0.15, -0.1) is 13.2 Å². The molecule has 0 radical (unpaired) electrons. The van der Waals surface area contributed by atoms with E-state index in [1.54, 1.807) is 0 Å². The highest BCUT2D eigenvalue weighted by molar-refractivity contribution is 7.89. The maximum atomic E-state index is 12.0. The van der Waals surface area contributed by atoms with E-state index in [0.717, 1.165) is 49.9 Å². The third-order valence-electron chi connectivity index (χ3n) is 2.99. The van der Waals surface area contributed by atoms with Crippen molar-refractivity contribution in [3.05, 3.63) is 24.3 Å². The molecule has 0 aromatic heterocycles. The van der Waals surface area contributed by atoms with Crippen molar-refractivity contribution in [2.24, 2.45) is 0 Å². The molecule has 0 amide bonds. The van der Waals surface area contributed by atoms with Crippen molar-refractivity contribution in [1.82, 2.24) is 4.89 Å². The predicted octanol–water partition coefficient (Wildman–Crippen LogP) is 2.74. The Morgan fingerprint density at radius 2 is 1.67 bits per heavy atom. The molecule has 1 aromatic rings. The van der Waals surface area contributed by atoms with E-state index in [1.807, 2.05) is 4.89 Å². The first-order valence-corrected chi connectivity index (χ1v) is 7.78. The summed E-state index contributed by atoms with van der Waals surface area (Å²) < 4.78 is 63.4. The van der Waals surface area contributed by atoms with E-state index in [1.165, 1.54) is 0 Å². The molecule has 0 bridgehead atoms. The van der Waals surface area contributed by atoms with E-state index >= 15 is 0 Å². The van der Waals surface area contributed by atoms with Gasteiger partial charge < -0.3 is 4.74 Å². The topological polar surface area (TPSA) is 64.6 Å². The Labute approximate surface area is 120 Å². The Balaban J connectivity index is 1.99. The monoisotopic (exact) mass is 325 g/mol. The third-order valence-corrected chi connectivity index (χ3v) is 4.20. The van der Waals surface area contributed by atoms with Gasteiger partial charge in [-0.2, -0.15) is 0 Å². The van der Waals surface area contributed by atoms with Crippen LogP contribution in [0.3, 0.4) is 0 Å². The van der Waals surface area contributed by atoms with Crippen LogP contribution in [0.1, 0.15) is 25.7 Å². The Bertz CT molecular complexity index is 565. The number of sulfonamides is 1. The van der Waals surface area contributed by atoms with Gasteiger partial charge in [-0.25, -0.2) is 8.42 Å². The molecule has 5 nitrogen and oxygen atoms in total. The maximum Gasteiger partial charge on any atom is 0.573 e. The van der Waals surface area contributed by atoms with Crippen LogP contribution in [0.5, 0.6) is 5.75 Å². The number of hydrogen-bond acceptors (Lipinski definition) is 4. The average molecular weight is 325 g/mol. The second kappa shape index (κ2) is 6.20. The van der Waals surface area contributed by atoms with Crippen LogP contribution in [0.4, 0.5) is 13.2 Å². The molecule has 9 heteroatoms. The highest BCUT2D eigenvalue weighted by Crippen LogP contribution is 2.24. The van der Waals surface area contributed by atoms with E-state index < -0.39 is 22.1 Å². The van der Waals surface area contributed by atoms with Crippen molar-refractivity contribution in [3.63, 3.8) is 0 Å². The number of halogens is 3. The molecule has 21 heavy (non-hydrogen) atoms. The molecule has 1 aliphatic carbocycles. The Hall–Kier alpha value is -1.32. The van der Waals surface area contributed by atoms with Crippen molar-refractivity contribution in [3.8, 4) is 5.75 Å². The third kappa shape index (κ3) is 4.87. The van der Waals surface area contributed by atoms with Crippen LogP contribution >= 0.6 is 0 Å². The van der Waals surface area contributed by atoms with Crippen LogP contribution in [0.15, 0.2) is 29.2 Å². The van der Waals surface area contributed by atoms with Crippen LogP contribution in [0.25, 0.3) is 0 Å². The predicted molar refractivity (Wildman–Crippen MR) is 66.8 cm³/mol. The SMILES string of the molecule is O=S(=O)(NOC1CCCC1)c1ccc(OC(F)(F)F)cc1. The molecular weight excluding hydrogens is 311 g/mol. The second-order valence-corrected chi connectivity index (χ2v) is 6.28. The van der Waals surface area contributed by atoms with Crippen LogP contribution in [-0.2, 0) is 14.9 Å². The summed E-state index contributed by atoms with van der Waals surface area (Å²) >= 11 is 0. The quantitative estimate of drug-likeness (QED) is 0.846. The Morgan fingerprint density at radius 3 is 2.19 bits per heavy atom. The van der Waals surface area contributed by atoms with Gasteiger partial charge in [0.05, 0.1) is 11.0 Å². The lowest BCUT2D eigenvalue weighted by Crippen LogP contribution is -2.28. The summed E-state index contributed by atoms with van der Waals surface area (Å²) in [5.74, 6) is -0.488. The number of alkyl halides is 3. The fourth-order valence-electron chi connectivity index (χ4n) is 2.01. The summed E-state index contributed by atoms with van der Waals surface area (Å²) in [6.45, 7) is 0. The molecule has 1 N–H and O–H groups in total. The molecule has 1 aromatic carbocycles. The van der Waals surface area contributed by atoms with E-state index in [-0.39, 0.29) is 11.0 Å². The minimum atomic E-state index is -4.82. The largest absolute Gasteiger partial charge is 0.573 e. The second-order valence-electron chi connectivity index (χ2n) is 4.63. The molecular formula is C12H14F3NO4S. The number of hydrogen-bond donors (Lipinski definition) is 1. The molecule has 0 atom stereocenters. The minimum absolute atomic E-state index is 0.160. The number of benzene rings is 1. The normalized spacial score (nSPS) is 17.1. The van der Waals surface area contributed by atoms with Gasteiger partial charge in [0, 0.05) is 0 Å². The summed E-state index contributed by atoms with van der Waals surface area (Å²) in [6, 6.07) is 3.89. The molecule has 1 saturated carbocycles. The lowest BCUT2D eigenvalue weighted by Gasteiger charge is -2.12. The summed E-state index contributed by atoms with van der Waals surface area (Å²) in [4.78, 5) is 6.88. The highest BCUT2D eigenvalue weighted by atomic mass is 32.2. The van der Waals surface area contributed by atoms with Gasteiger partial charge in [0.15, 0.2) is 0 Å². The smallest absolute Gasteiger partial charge is 0.406 e. The van der Waals surface area contributed by atoms with E-state index in [2.05, 4.69) is 4.74 Å². The average Bonchev–Trinajstić information content (AvgIpc) is 2.88. The molecule has 0 heterocycles. The van der Waals surface area contributed by atoms with Crippen molar-refractivity contribution in [1.29, 1.82) is 0 Å². The number of rotatable bonds is 5. The molecule has 1 aliphatic rings. The fraction of sp³-hybridized carbons (Fsp3) is 0.500. The fourth-order valence-corrected chi connectivity index (χ4v) is 2.86. The zero-order valence-corrected chi connectivity index (χ0v) is 11.7. The van der Waals surface area contributed by atoms with Crippen molar-refractivity contribution >= 4 is 10.0 Å². The van der Waals surface area contributed by atoms with Gasteiger partial charge in [-0.05, 0) is 37.1 Å². The van der Waals surface area contributed by atoms with E-state index in [9.17, 15) is 21.6 Å². The van der Waals surface area contributed by atoms with Crippen LogP contribution in [0.2, 0.25) is 0 Å². The zero-order chi connectivity index (χ0) is 15.5. The van der Waals surface area contributed by atoms with Gasteiger partial charge in [-0.3, -0.25) is 4.84 Å². The zero-order valence-electron chi connectivity index (χ0n) is 10.9.